The van der Waals surface area contributed by atoms with Crippen molar-refractivity contribution in [3.63, 3.8) is 0 Å². The maximum atomic E-state index is 6.30. The van der Waals surface area contributed by atoms with Crippen LogP contribution in [0.25, 0.3) is 16.3 Å². The third-order valence-electron chi connectivity index (χ3n) is 4.52. The molecule has 0 saturated carbocycles. The first-order valence-electron chi connectivity index (χ1n) is 8.39. The highest BCUT2D eigenvalue weighted by molar-refractivity contribution is 7.20. The third-order valence-corrected chi connectivity index (χ3v) is 6.02. The van der Waals surface area contributed by atoms with Crippen LogP contribution in [0.4, 0.5) is 5.82 Å². The van der Waals surface area contributed by atoms with E-state index in [-0.39, 0.29) is 17.2 Å². The number of fused-ring (bicyclic) bond motifs is 1. The molecule has 6 nitrogen and oxygen atoms in total. The van der Waals surface area contributed by atoms with E-state index >= 15 is 0 Å². The van der Waals surface area contributed by atoms with Crippen LogP contribution in [-0.2, 0) is 11.3 Å². The first-order valence-corrected chi connectivity index (χ1v) is 9.58. The van der Waals surface area contributed by atoms with E-state index in [0.717, 1.165) is 28.0 Å². The van der Waals surface area contributed by atoms with Gasteiger partial charge in [0, 0.05) is 29.0 Å². The van der Waals surface area contributed by atoms with Crippen molar-refractivity contribution < 1.29 is 9.15 Å². The standard InChI is InChI=1S/C18H19ClN4O2S/c1-2-11-14-16(26-15(11)12-5-7-24-9-13(12)20)17(23-18(19)22-14)21-8-10-4-3-6-25-10/h2-4,6,12-13H,1,5,7-9,20H2,(H,21,22,23)/t12-,13-/m1/s1. The molecule has 0 bridgehead atoms. The topological polar surface area (TPSA) is 86.2 Å². The number of nitrogens with zero attached hydrogens (tertiary/aromatic N) is 2. The third kappa shape index (κ3) is 3.23. The molecule has 3 aromatic heterocycles. The fraction of sp³-hybridized carbons (Fsp3) is 0.333. The van der Waals surface area contributed by atoms with Gasteiger partial charge < -0.3 is 20.2 Å². The van der Waals surface area contributed by atoms with Gasteiger partial charge in [-0.05, 0) is 30.2 Å². The molecular formula is C18H19ClN4O2S. The summed E-state index contributed by atoms with van der Waals surface area (Å²) in [6, 6.07) is 3.72. The molecule has 8 heteroatoms. The summed E-state index contributed by atoms with van der Waals surface area (Å²) in [6.07, 6.45) is 4.35. The molecule has 4 heterocycles. The van der Waals surface area contributed by atoms with E-state index in [9.17, 15) is 0 Å². The van der Waals surface area contributed by atoms with Gasteiger partial charge in [-0.3, -0.25) is 0 Å². The molecule has 1 aliphatic heterocycles. The van der Waals surface area contributed by atoms with Crippen LogP contribution in [0.15, 0.2) is 29.4 Å². The van der Waals surface area contributed by atoms with Gasteiger partial charge in [0.25, 0.3) is 0 Å². The van der Waals surface area contributed by atoms with E-state index in [2.05, 4.69) is 21.9 Å². The van der Waals surface area contributed by atoms with Gasteiger partial charge in [0.05, 0.1) is 29.6 Å². The number of hydrogen-bond acceptors (Lipinski definition) is 7. The van der Waals surface area contributed by atoms with Crippen molar-refractivity contribution in [1.82, 2.24) is 9.97 Å². The Labute approximate surface area is 160 Å². The van der Waals surface area contributed by atoms with Crippen LogP contribution < -0.4 is 11.1 Å². The van der Waals surface area contributed by atoms with E-state index < -0.39 is 0 Å². The highest BCUT2D eigenvalue weighted by Crippen LogP contribution is 2.42. The molecule has 0 radical (unpaired) electrons. The lowest BCUT2D eigenvalue weighted by atomic mass is 9.91. The molecule has 0 unspecified atom stereocenters. The molecule has 1 aliphatic rings. The largest absolute Gasteiger partial charge is 0.467 e. The molecule has 4 rings (SSSR count). The summed E-state index contributed by atoms with van der Waals surface area (Å²) >= 11 is 7.82. The number of nitrogens with two attached hydrogens (primary N) is 1. The first-order chi connectivity index (χ1) is 12.7. The first kappa shape index (κ1) is 17.5. The van der Waals surface area contributed by atoms with Gasteiger partial charge in [0.2, 0.25) is 5.28 Å². The summed E-state index contributed by atoms with van der Waals surface area (Å²) in [5.74, 6) is 1.73. The summed E-state index contributed by atoms with van der Waals surface area (Å²) in [5, 5.41) is 3.50. The van der Waals surface area contributed by atoms with Crippen molar-refractivity contribution >= 4 is 45.0 Å². The summed E-state index contributed by atoms with van der Waals surface area (Å²) in [7, 11) is 0. The fourth-order valence-electron chi connectivity index (χ4n) is 3.25. The second kappa shape index (κ2) is 7.36. The Morgan fingerprint density at radius 3 is 3.08 bits per heavy atom. The second-order valence-corrected chi connectivity index (χ2v) is 7.56. The van der Waals surface area contributed by atoms with E-state index in [1.54, 1.807) is 17.6 Å². The number of halogens is 1. The molecule has 1 fully saturated rings. The SMILES string of the molecule is C=Cc1c([C@@H]2CCOC[C@H]2N)sc2c(NCc3ccco3)nc(Cl)nc12. The Balaban J connectivity index is 1.77. The zero-order chi connectivity index (χ0) is 18.1. The van der Waals surface area contributed by atoms with E-state index in [1.807, 2.05) is 18.2 Å². The van der Waals surface area contributed by atoms with Crippen molar-refractivity contribution in [2.24, 2.45) is 5.73 Å². The van der Waals surface area contributed by atoms with Crippen LogP contribution in [0.2, 0.25) is 5.28 Å². The van der Waals surface area contributed by atoms with Crippen molar-refractivity contribution in [3.05, 3.63) is 46.5 Å². The Morgan fingerprint density at radius 1 is 1.46 bits per heavy atom. The average molecular weight is 391 g/mol. The molecule has 26 heavy (non-hydrogen) atoms. The molecule has 0 aliphatic carbocycles. The predicted octanol–water partition coefficient (Wildman–Crippen LogP) is 4.02. The zero-order valence-corrected chi connectivity index (χ0v) is 15.6. The number of aromatic nitrogens is 2. The number of furan rings is 1. The van der Waals surface area contributed by atoms with Crippen LogP contribution in [0.3, 0.4) is 0 Å². The van der Waals surface area contributed by atoms with Gasteiger partial charge in [-0.1, -0.05) is 12.7 Å². The Hall–Kier alpha value is -1.93. The number of hydrogen-bond donors (Lipinski definition) is 2. The van der Waals surface area contributed by atoms with Crippen LogP contribution in [0, 0.1) is 0 Å². The molecule has 1 saturated heterocycles. The molecule has 0 amide bonds. The predicted molar refractivity (Wildman–Crippen MR) is 105 cm³/mol. The molecule has 2 atom stereocenters. The minimum absolute atomic E-state index is 0.0431. The number of rotatable bonds is 5. The molecular weight excluding hydrogens is 372 g/mol. The minimum atomic E-state index is -0.0431. The summed E-state index contributed by atoms with van der Waals surface area (Å²) in [6.45, 7) is 5.76. The lowest BCUT2D eigenvalue weighted by Gasteiger charge is -2.28. The number of anilines is 1. The van der Waals surface area contributed by atoms with Gasteiger partial charge >= 0.3 is 0 Å². The molecule has 3 N–H and O–H groups in total. The average Bonchev–Trinajstić information content (AvgIpc) is 3.27. The van der Waals surface area contributed by atoms with Crippen LogP contribution in [0.1, 0.15) is 28.5 Å². The molecule has 3 aromatic rings. The fourth-order valence-corrected chi connectivity index (χ4v) is 4.84. The smallest absolute Gasteiger partial charge is 0.224 e. The molecule has 0 spiro atoms. The maximum Gasteiger partial charge on any atom is 0.224 e. The highest BCUT2D eigenvalue weighted by atomic mass is 35.5. The van der Waals surface area contributed by atoms with Crippen LogP contribution in [-0.4, -0.2) is 29.2 Å². The summed E-state index contributed by atoms with van der Waals surface area (Å²) in [4.78, 5) is 10.00. The van der Waals surface area contributed by atoms with Crippen LogP contribution in [0.5, 0.6) is 0 Å². The lowest BCUT2D eigenvalue weighted by Crippen LogP contribution is -2.37. The number of ether oxygens (including phenoxy) is 1. The summed E-state index contributed by atoms with van der Waals surface area (Å²) < 4.78 is 11.8. The second-order valence-electron chi connectivity index (χ2n) is 6.17. The van der Waals surface area contributed by atoms with Gasteiger partial charge in [-0.15, -0.1) is 11.3 Å². The van der Waals surface area contributed by atoms with Gasteiger partial charge in [-0.25, -0.2) is 4.98 Å². The quantitative estimate of drug-likeness (QED) is 0.640. The van der Waals surface area contributed by atoms with Crippen molar-refractivity contribution in [2.75, 3.05) is 18.5 Å². The van der Waals surface area contributed by atoms with Gasteiger partial charge in [0.15, 0.2) is 0 Å². The van der Waals surface area contributed by atoms with Crippen molar-refractivity contribution in [2.45, 2.75) is 24.9 Å². The zero-order valence-electron chi connectivity index (χ0n) is 14.1. The van der Waals surface area contributed by atoms with E-state index in [0.29, 0.717) is 25.6 Å². The number of thiophene rings is 1. The highest BCUT2D eigenvalue weighted by Gasteiger charge is 2.29. The Morgan fingerprint density at radius 2 is 2.35 bits per heavy atom. The molecule has 136 valence electrons. The van der Waals surface area contributed by atoms with Gasteiger partial charge in [0.1, 0.15) is 11.6 Å². The lowest BCUT2D eigenvalue weighted by molar-refractivity contribution is 0.0703. The Bertz CT molecular complexity index is 925. The number of nitrogens with one attached hydrogen (secondary N) is 1. The molecule has 0 aromatic carbocycles. The van der Waals surface area contributed by atoms with Crippen molar-refractivity contribution in [1.29, 1.82) is 0 Å². The van der Waals surface area contributed by atoms with E-state index in [1.165, 1.54) is 4.88 Å². The van der Waals surface area contributed by atoms with E-state index in [4.69, 9.17) is 26.5 Å². The summed E-state index contributed by atoms with van der Waals surface area (Å²) in [5.41, 5.74) is 8.09. The minimum Gasteiger partial charge on any atom is -0.467 e. The normalized spacial score (nSPS) is 20.4. The van der Waals surface area contributed by atoms with Crippen molar-refractivity contribution in [3.8, 4) is 0 Å². The Kier molecular flexibility index (Phi) is 4.95. The van der Waals surface area contributed by atoms with Gasteiger partial charge in [-0.2, -0.15) is 4.98 Å². The maximum absolute atomic E-state index is 6.30. The van der Waals surface area contributed by atoms with Crippen LogP contribution >= 0.6 is 22.9 Å². The monoisotopic (exact) mass is 390 g/mol.